The molecule has 0 aliphatic carbocycles. The first-order valence-electron chi connectivity index (χ1n) is 20.7. The maximum Gasteiger partial charge on any atom is 0.326 e. The average molecular weight is 884 g/mol. The van der Waals surface area contributed by atoms with Crippen molar-refractivity contribution in [1.82, 2.24) is 41.3 Å². The van der Waals surface area contributed by atoms with Crippen molar-refractivity contribution in [2.45, 2.75) is 133 Å². The lowest BCUT2D eigenvalue weighted by Crippen LogP contribution is -2.61. The molecule has 348 valence electrons. The van der Waals surface area contributed by atoms with Crippen LogP contribution in [0, 0.1) is 5.92 Å². The minimum atomic E-state index is -1.65. The van der Waals surface area contributed by atoms with Crippen LogP contribution in [0.1, 0.15) is 78.6 Å². The topological polar surface area (TPSA) is 368 Å². The van der Waals surface area contributed by atoms with Crippen LogP contribution in [0.25, 0.3) is 0 Å². The van der Waals surface area contributed by atoms with Gasteiger partial charge in [0.25, 0.3) is 0 Å². The zero-order valence-corrected chi connectivity index (χ0v) is 35.1. The van der Waals surface area contributed by atoms with Crippen LogP contribution in [-0.4, -0.2) is 193 Å². The van der Waals surface area contributed by atoms with Gasteiger partial charge >= 0.3 is 11.9 Å². The van der Waals surface area contributed by atoms with Crippen molar-refractivity contribution in [3.05, 3.63) is 0 Å². The number of hydrogen-bond acceptors (Lipinski definition) is 14. The number of carboxylic acids is 2. The normalized spacial score (nSPS) is 21.5. The first-order valence-corrected chi connectivity index (χ1v) is 20.7. The van der Waals surface area contributed by atoms with E-state index in [0.29, 0.717) is 19.3 Å². The Morgan fingerprint density at radius 1 is 0.629 bits per heavy atom. The van der Waals surface area contributed by atoms with E-state index >= 15 is 0 Å². The summed E-state index contributed by atoms with van der Waals surface area (Å²) in [6, 6.07) is -10.8. The maximum absolute atomic E-state index is 14.1. The van der Waals surface area contributed by atoms with Crippen molar-refractivity contribution in [2.75, 3.05) is 39.4 Å². The Morgan fingerprint density at radius 3 is 1.61 bits per heavy atom. The Labute approximate surface area is 357 Å². The van der Waals surface area contributed by atoms with E-state index in [-0.39, 0.29) is 57.7 Å². The molecule has 0 unspecified atom stereocenters. The molecule has 12 N–H and O–H groups in total. The highest BCUT2D eigenvalue weighted by atomic mass is 16.4. The Morgan fingerprint density at radius 2 is 1.11 bits per heavy atom. The SMILES string of the molecule is CC(C)C[C@H](NC(=O)[C@H](CO)NC(=O)[C@@H](NC(=O)CN)[C@@H](C)O)C(=O)N[C@@H](CO)C(=O)N1CCC[C@H]1C(=O)N1CCC[C@H]1C(=O)N1CCC[C@H]1C(=O)N[C@@H](CCC(=O)O)C(=O)O. The Bertz CT molecular complexity index is 1680. The van der Waals surface area contributed by atoms with Gasteiger partial charge in [-0.15, -0.1) is 0 Å². The largest absolute Gasteiger partial charge is 0.481 e. The highest BCUT2D eigenvalue weighted by molar-refractivity contribution is 5.98. The van der Waals surface area contributed by atoms with Crippen LogP contribution in [-0.2, 0) is 47.9 Å². The van der Waals surface area contributed by atoms with Gasteiger partial charge in [-0.2, -0.15) is 0 Å². The minimum absolute atomic E-state index is 0.00152. The van der Waals surface area contributed by atoms with E-state index in [2.05, 4.69) is 26.6 Å². The van der Waals surface area contributed by atoms with Gasteiger partial charge in [-0.25, -0.2) is 4.79 Å². The fourth-order valence-electron chi connectivity index (χ4n) is 7.78. The fourth-order valence-corrected chi connectivity index (χ4v) is 7.78. The number of rotatable bonds is 22. The van der Waals surface area contributed by atoms with E-state index in [0.717, 1.165) is 0 Å². The van der Waals surface area contributed by atoms with Gasteiger partial charge in [-0.1, -0.05) is 13.8 Å². The summed E-state index contributed by atoms with van der Waals surface area (Å²) in [5, 5.41) is 60.3. The van der Waals surface area contributed by atoms with Gasteiger partial charge in [0.15, 0.2) is 0 Å². The predicted molar refractivity (Wildman–Crippen MR) is 213 cm³/mol. The number of carboxylic acid groups (broad SMARTS) is 2. The van der Waals surface area contributed by atoms with E-state index < -0.39 is 140 Å². The summed E-state index contributed by atoms with van der Waals surface area (Å²) in [6.45, 7) is 2.69. The van der Waals surface area contributed by atoms with Gasteiger partial charge in [0, 0.05) is 26.1 Å². The molecule has 24 heteroatoms. The summed E-state index contributed by atoms with van der Waals surface area (Å²) in [5.74, 6) is -9.32. The number of hydrogen-bond donors (Lipinski definition) is 11. The summed E-state index contributed by atoms with van der Waals surface area (Å²) in [6.07, 6.45) is -0.431. The molecule has 3 fully saturated rings. The zero-order chi connectivity index (χ0) is 46.4. The third kappa shape index (κ3) is 13.5. The highest BCUT2D eigenvalue weighted by Crippen LogP contribution is 2.29. The number of carbonyl (C=O) groups is 10. The molecule has 8 amide bonds. The van der Waals surface area contributed by atoms with Crippen molar-refractivity contribution in [2.24, 2.45) is 11.7 Å². The van der Waals surface area contributed by atoms with E-state index in [1.807, 2.05) is 0 Å². The molecule has 0 radical (unpaired) electrons. The lowest BCUT2D eigenvalue weighted by molar-refractivity contribution is -0.151. The van der Waals surface area contributed by atoms with Gasteiger partial charge in [0.05, 0.1) is 25.9 Å². The summed E-state index contributed by atoms with van der Waals surface area (Å²) >= 11 is 0. The summed E-state index contributed by atoms with van der Waals surface area (Å²) in [5.41, 5.74) is 5.27. The number of nitrogens with two attached hydrogens (primary N) is 1. The first kappa shape index (κ1) is 50.9. The van der Waals surface area contributed by atoms with Crippen molar-refractivity contribution >= 4 is 59.2 Å². The average Bonchev–Trinajstić information content (AvgIpc) is 4.02. The van der Waals surface area contributed by atoms with E-state index in [9.17, 15) is 68.4 Å². The molecule has 3 rings (SSSR count). The molecule has 3 aliphatic rings. The number of nitrogens with zero attached hydrogens (tertiary/aromatic N) is 3. The van der Waals surface area contributed by atoms with Crippen molar-refractivity contribution in [3.8, 4) is 0 Å². The summed E-state index contributed by atoms with van der Waals surface area (Å²) < 4.78 is 0. The number of aliphatic hydroxyl groups is 3. The fraction of sp³-hybridized carbons (Fsp3) is 0.737. The second kappa shape index (κ2) is 23.7. The molecular weight excluding hydrogens is 822 g/mol. The molecule has 62 heavy (non-hydrogen) atoms. The lowest BCUT2D eigenvalue weighted by Gasteiger charge is -2.35. The van der Waals surface area contributed by atoms with E-state index in [4.69, 9.17) is 10.8 Å². The number of likely N-dealkylation sites (tertiary alicyclic amines) is 3. The zero-order valence-electron chi connectivity index (χ0n) is 35.1. The molecule has 0 saturated carbocycles. The lowest BCUT2D eigenvalue weighted by atomic mass is 10.0. The third-order valence-electron chi connectivity index (χ3n) is 11.0. The first-order chi connectivity index (χ1) is 29.2. The van der Waals surface area contributed by atoms with Crippen LogP contribution in [0.3, 0.4) is 0 Å². The molecule has 0 aromatic rings. The van der Waals surface area contributed by atoms with Crippen LogP contribution < -0.4 is 32.3 Å². The Kier molecular flexibility index (Phi) is 19.4. The molecule has 24 nitrogen and oxygen atoms in total. The highest BCUT2D eigenvalue weighted by Gasteiger charge is 2.47. The molecule has 0 aromatic heterocycles. The summed E-state index contributed by atoms with van der Waals surface area (Å²) in [4.78, 5) is 133. The van der Waals surface area contributed by atoms with Crippen LogP contribution in [0.5, 0.6) is 0 Å². The number of nitrogens with one attached hydrogen (secondary N) is 5. The number of carbonyl (C=O) groups excluding carboxylic acids is 8. The number of aliphatic hydroxyl groups excluding tert-OH is 3. The molecule has 0 spiro atoms. The van der Waals surface area contributed by atoms with Gasteiger partial charge in [0.1, 0.15) is 48.3 Å². The smallest absolute Gasteiger partial charge is 0.326 e. The molecular formula is C38H61N9O15. The van der Waals surface area contributed by atoms with Gasteiger partial charge in [-0.3, -0.25) is 43.2 Å². The van der Waals surface area contributed by atoms with E-state index in [1.54, 1.807) is 13.8 Å². The number of aliphatic carboxylic acids is 2. The quantitative estimate of drug-likeness (QED) is 0.0484. The van der Waals surface area contributed by atoms with Gasteiger partial charge in [-0.05, 0) is 64.2 Å². The summed E-state index contributed by atoms with van der Waals surface area (Å²) in [7, 11) is 0. The Hall–Kier alpha value is -5.46. The second-order valence-corrected chi connectivity index (χ2v) is 16.1. The van der Waals surface area contributed by atoms with Gasteiger partial charge < -0.3 is 72.5 Å². The van der Waals surface area contributed by atoms with Crippen LogP contribution in [0.2, 0.25) is 0 Å². The minimum Gasteiger partial charge on any atom is -0.481 e. The second-order valence-electron chi connectivity index (χ2n) is 16.1. The van der Waals surface area contributed by atoms with Crippen molar-refractivity contribution < 1.29 is 73.5 Å². The maximum atomic E-state index is 14.1. The van der Waals surface area contributed by atoms with Crippen molar-refractivity contribution in [1.29, 1.82) is 0 Å². The molecule has 9 atom stereocenters. The third-order valence-corrected chi connectivity index (χ3v) is 11.0. The van der Waals surface area contributed by atoms with Crippen LogP contribution in [0.4, 0.5) is 0 Å². The standard InChI is InChI=1S/C38H61N9O15/c1-19(2)15-22(41-32(55)23(17-48)42-34(57)30(20(3)50)44-28(51)16-39)31(54)43-24(18-49)35(58)46-13-5-8-26(46)37(60)47-14-6-9-27(47)36(59)45-12-4-7-25(45)33(56)40-21(38(61)62)10-11-29(52)53/h19-27,30,48-50H,4-18,39H2,1-3H3,(H,40,56)(H,41,55)(H,42,57)(H,43,54)(H,44,51)(H,52,53)(H,61,62)/t20-,21+,22+,23+,24+,25+,26+,27+,30+/m1/s1. The molecule has 0 bridgehead atoms. The molecule has 3 saturated heterocycles. The van der Waals surface area contributed by atoms with Crippen LogP contribution >= 0.6 is 0 Å². The molecule has 3 aliphatic heterocycles. The number of amides is 8. The predicted octanol–water partition coefficient (Wildman–Crippen LogP) is -5.30. The van der Waals surface area contributed by atoms with Gasteiger partial charge in [0.2, 0.25) is 47.3 Å². The monoisotopic (exact) mass is 883 g/mol. The van der Waals surface area contributed by atoms with Crippen molar-refractivity contribution in [3.63, 3.8) is 0 Å². The Balaban J connectivity index is 1.71. The molecule has 0 aromatic carbocycles. The van der Waals surface area contributed by atoms with Crippen LogP contribution in [0.15, 0.2) is 0 Å². The molecule has 3 heterocycles. The van der Waals surface area contributed by atoms with E-state index in [1.165, 1.54) is 21.6 Å².